The van der Waals surface area contributed by atoms with E-state index in [4.69, 9.17) is 5.73 Å². The molecule has 1 fully saturated rings. The van der Waals surface area contributed by atoms with E-state index in [1.54, 1.807) is 0 Å². The van der Waals surface area contributed by atoms with E-state index >= 15 is 0 Å². The number of rotatable bonds is 1. The molecular formula is C10H13ClN2O. The summed E-state index contributed by atoms with van der Waals surface area (Å²) in [5.74, 6) is 0.434. The normalized spacial score (nSPS) is 20.0. The number of benzene rings is 1. The van der Waals surface area contributed by atoms with Crippen LogP contribution in [0.4, 0.5) is 5.69 Å². The Hall–Kier alpha value is -1.22. The van der Waals surface area contributed by atoms with Crippen LogP contribution < -0.4 is 11.1 Å². The molecule has 1 atom stereocenters. The van der Waals surface area contributed by atoms with Crippen molar-refractivity contribution < 1.29 is 4.79 Å². The minimum absolute atomic E-state index is 0. The van der Waals surface area contributed by atoms with E-state index in [1.807, 2.05) is 24.3 Å². The van der Waals surface area contributed by atoms with Crippen molar-refractivity contribution in [1.29, 1.82) is 0 Å². The van der Waals surface area contributed by atoms with Gasteiger partial charge in [-0.25, -0.2) is 0 Å². The maximum Gasteiger partial charge on any atom is 0.220 e. The van der Waals surface area contributed by atoms with E-state index in [-0.39, 0.29) is 18.3 Å². The minimum atomic E-state index is 0. The molecule has 76 valence electrons. The van der Waals surface area contributed by atoms with Gasteiger partial charge < -0.3 is 11.1 Å². The summed E-state index contributed by atoms with van der Waals surface area (Å²) in [5, 5.41) is 2.81. The van der Waals surface area contributed by atoms with Gasteiger partial charge >= 0.3 is 0 Å². The number of nitrogen functional groups attached to an aromatic ring is 1. The van der Waals surface area contributed by atoms with Crippen LogP contribution in [-0.2, 0) is 4.79 Å². The van der Waals surface area contributed by atoms with Crippen LogP contribution in [0.15, 0.2) is 24.3 Å². The molecule has 2 rings (SSSR count). The summed E-state index contributed by atoms with van der Waals surface area (Å²) in [6.45, 7) is 0.738. The quantitative estimate of drug-likeness (QED) is 0.690. The highest BCUT2D eigenvalue weighted by Gasteiger charge is 2.22. The maximum absolute atomic E-state index is 11.0. The number of hydrogen-bond acceptors (Lipinski definition) is 2. The second-order valence-electron chi connectivity index (χ2n) is 3.38. The third-order valence-electron chi connectivity index (χ3n) is 2.36. The molecule has 3 N–H and O–H groups in total. The molecule has 1 heterocycles. The predicted molar refractivity (Wildman–Crippen MR) is 58.5 cm³/mol. The van der Waals surface area contributed by atoms with Gasteiger partial charge in [0.15, 0.2) is 0 Å². The lowest BCUT2D eigenvalue weighted by molar-refractivity contribution is -0.119. The second kappa shape index (κ2) is 4.33. The largest absolute Gasteiger partial charge is 0.399 e. The summed E-state index contributed by atoms with van der Waals surface area (Å²) in [6, 6.07) is 7.73. The number of carbonyl (C=O) groups is 1. The molecule has 1 unspecified atom stereocenters. The Labute approximate surface area is 89.1 Å². The first-order valence-corrected chi connectivity index (χ1v) is 4.38. The van der Waals surface area contributed by atoms with Crippen LogP contribution in [0, 0.1) is 0 Å². The zero-order chi connectivity index (χ0) is 9.26. The molecule has 0 aromatic heterocycles. The summed E-state index contributed by atoms with van der Waals surface area (Å²) in [5.41, 5.74) is 7.57. The number of amides is 1. The molecule has 4 heteroatoms. The molecule has 1 aliphatic rings. The molecule has 14 heavy (non-hydrogen) atoms. The van der Waals surface area contributed by atoms with Gasteiger partial charge in [-0.1, -0.05) is 12.1 Å². The van der Waals surface area contributed by atoms with Crippen molar-refractivity contribution in [2.24, 2.45) is 0 Å². The molecule has 1 aliphatic heterocycles. The van der Waals surface area contributed by atoms with Crippen molar-refractivity contribution in [3.05, 3.63) is 29.8 Å². The van der Waals surface area contributed by atoms with Crippen LogP contribution in [0.5, 0.6) is 0 Å². The van der Waals surface area contributed by atoms with Gasteiger partial charge in [0.25, 0.3) is 0 Å². The Balaban J connectivity index is 0.000000980. The second-order valence-corrected chi connectivity index (χ2v) is 3.38. The van der Waals surface area contributed by atoms with Gasteiger partial charge in [-0.3, -0.25) is 4.79 Å². The fraction of sp³-hybridized carbons (Fsp3) is 0.300. The number of anilines is 1. The van der Waals surface area contributed by atoms with Crippen LogP contribution >= 0.6 is 12.4 Å². The standard InChI is InChI=1S/C10H12N2O.ClH/c11-9-3-1-2-7(4-9)8-5-10(13)12-6-8;/h1-4,8H,5-6,11H2,(H,12,13);1H. The summed E-state index contributed by atoms with van der Waals surface area (Å²) in [7, 11) is 0. The van der Waals surface area contributed by atoms with E-state index in [0.29, 0.717) is 12.3 Å². The molecule has 1 aromatic rings. The van der Waals surface area contributed by atoms with E-state index in [0.717, 1.165) is 17.8 Å². The molecule has 1 aromatic carbocycles. The summed E-state index contributed by atoms with van der Waals surface area (Å²) in [6.07, 6.45) is 0.587. The molecule has 0 spiro atoms. The zero-order valence-electron chi connectivity index (χ0n) is 7.69. The molecular weight excluding hydrogens is 200 g/mol. The maximum atomic E-state index is 11.0. The van der Waals surface area contributed by atoms with Crippen LogP contribution in [0.25, 0.3) is 0 Å². The van der Waals surface area contributed by atoms with Crippen molar-refractivity contribution in [1.82, 2.24) is 5.32 Å². The van der Waals surface area contributed by atoms with Crippen LogP contribution in [0.1, 0.15) is 17.9 Å². The summed E-state index contributed by atoms with van der Waals surface area (Å²) < 4.78 is 0. The molecule has 3 nitrogen and oxygen atoms in total. The molecule has 1 amide bonds. The first kappa shape index (κ1) is 10.9. The molecule has 0 bridgehead atoms. The number of carbonyl (C=O) groups excluding carboxylic acids is 1. The van der Waals surface area contributed by atoms with Gasteiger partial charge in [0.1, 0.15) is 0 Å². The number of hydrogen-bond donors (Lipinski definition) is 2. The Morgan fingerprint density at radius 1 is 1.43 bits per heavy atom. The zero-order valence-corrected chi connectivity index (χ0v) is 8.51. The Kier molecular flexibility index (Phi) is 3.36. The average Bonchev–Trinajstić information content (AvgIpc) is 2.52. The van der Waals surface area contributed by atoms with Gasteiger partial charge in [-0.15, -0.1) is 12.4 Å². The monoisotopic (exact) mass is 212 g/mol. The number of nitrogens with two attached hydrogens (primary N) is 1. The predicted octanol–water partition coefficient (Wildman–Crippen LogP) is 1.29. The lowest BCUT2D eigenvalue weighted by Gasteiger charge is -2.07. The highest BCUT2D eigenvalue weighted by Crippen LogP contribution is 2.23. The lowest BCUT2D eigenvalue weighted by atomic mass is 9.98. The van der Waals surface area contributed by atoms with Crippen LogP contribution in [-0.4, -0.2) is 12.5 Å². The number of halogens is 1. The van der Waals surface area contributed by atoms with Gasteiger partial charge in [-0.2, -0.15) is 0 Å². The van der Waals surface area contributed by atoms with E-state index in [9.17, 15) is 4.79 Å². The Morgan fingerprint density at radius 2 is 2.21 bits per heavy atom. The fourth-order valence-corrected chi connectivity index (χ4v) is 1.65. The van der Waals surface area contributed by atoms with Gasteiger partial charge in [0.2, 0.25) is 5.91 Å². The topological polar surface area (TPSA) is 55.1 Å². The van der Waals surface area contributed by atoms with Gasteiger partial charge in [0, 0.05) is 24.6 Å². The van der Waals surface area contributed by atoms with Crippen molar-refractivity contribution >= 4 is 24.0 Å². The number of nitrogens with one attached hydrogen (secondary N) is 1. The van der Waals surface area contributed by atoms with Crippen molar-refractivity contribution in [3.63, 3.8) is 0 Å². The lowest BCUT2D eigenvalue weighted by Crippen LogP contribution is -2.13. The third-order valence-corrected chi connectivity index (χ3v) is 2.36. The van der Waals surface area contributed by atoms with Crippen LogP contribution in [0.2, 0.25) is 0 Å². The first-order valence-electron chi connectivity index (χ1n) is 4.38. The van der Waals surface area contributed by atoms with Gasteiger partial charge in [0.05, 0.1) is 0 Å². The Morgan fingerprint density at radius 3 is 2.79 bits per heavy atom. The smallest absolute Gasteiger partial charge is 0.220 e. The van der Waals surface area contributed by atoms with E-state index in [1.165, 1.54) is 0 Å². The minimum Gasteiger partial charge on any atom is -0.399 e. The molecule has 0 aliphatic carbocycles. The molecule has 0 saturated carbocycles. The average molecular weight is 213 g/mol. The van der Waals surface area contributed by atoms with Crippen molar-refractivity contribution in [2.45, 2.75) is 12.3 Å². The first-order chi connectivity index (χ1) is 6.25. The molecule has 0 radical (unpaired) electrons. The third kappa shape index (κ3) is 2.17. The van der Waals surface area contributed by atoms with Crippen molar-refractivity contribution in [3.8, 4) is 0 Å². The summed E-state index contributed by atoms with van der Waals surface area (Å²) >= 11 is 0. The molecule has 1 saturated heterocycles. The van der Waals surface area contributed by atoms with Gasteiger partial charge in [-0.05, 0) is 17.7 Å². The fourth-order valence-electron chi connectivity index (χ4n) is 1.65. The van der Waals surface area contributed by atoms with E-state index < -0.39 is 0 Å². The Bertz CT molecular complexity index is 341. The SMILES string of the molecule is Cl.Nc1cccc(C2CNC(=O)C2)c1. The van der Waals surface area contributed by atoms with E-state index in [2.05, 4.69) is 5.32 Å². The van der Waals surface area contributed by atoms with Crippen LogP contribution in [0.3, 0.4) is 0 Å². The van der Waals surface area contributed by atoms with Crippen molar-refractivity contribution in [2.75, 3.05) is 12.3 Å². The summed E-state index contributed by atoms with van der Waals surface area (Å²) in [4.78, 5) is 11.0. The highest BCUT2D eigenvalue weighted by atomic mass is 35.5. The highest BCUT2D eigenvalue weighted by molar-refractivity contribution is 5.85.